The normalized spacial score (nSPS) is 35.4. The molecule has 0 spiro atoms. The molecule has 1 aromatic rings. The van der Waals surface area contributed by atoms with E-state index in [0.29, 0.717) is 23.1 Å². The Morgan fingerprint density at radius 3 is 2.48 bits per heavy atom. The Morgan fingerprint density at radius 1 is 1.19 bits per heavy atom. The van der Waals surface area contributed by atoms with Gasteiger partial charge in [-0.15, -0.1) is 0 Å². The zero-order valence-corrected chi connectivity index (χ0v) is 12.0. The third kappa shape index (κ3) is 1.81. The van der Waals surface area contributed by atoms with Gasteiger partial charge >= 0.3 is 5.97 Å². The van der Waals surface area contributed by atoms with Crippen LogP contribution >= 0.6 is 0 Å². The van der Waals surface area contributed by atoms with Crippen LogP contribution in [0.2, 0.25) is 0 Å². The van der Waals surface area contributed by atoms with Crippen molar-refractivity contribution < 1.29 is 14.7 Å². The van der Waals surface area contributed by atoms with E-state index in [0.717, 1.165) is 11.8 Å². The molecule has 4 atom stereocenters. The van der Waals surface area contributed by atoms with Crippen molar-refractivity contribution in [3.05, 3.63) is 29.3 Å². The second-order valence-corrected chi connectivity index (χ2v) is 6.79. The van der Waals surface area contributed by atoms with Gasteiger partial charge < -0.3 is 10.4 Å². The van der Waals surface area contributed by atoms with Crippen molar-refractivity contribution >= 4 is 17.6 Å². The van der Waals surface area contributed by atoms with Crippen LogP contribution in [0.5, 0.6) is 0 Å². The van der Waals surface area contributed by atoms with Gasteiger partial charge in [-0.2, -0.15) is 0 Å². The number of nitrogens with one attached hydrogen (secondary N) is 1. The minimum absolute atomic E-state index is 0.0900. The minimum Gasteiger partial charge on any atom is -0.478 e. The maximum absolute atomic E-state index is 12.5. The zero-order chi connectivity index (χ0) is 14.7. The molecule has 0 saturated heterocycles. The minimum atomic E-state index is -0.954. The summed E-state index contributed by atoms with van der Waals surface area (Å²) in [4.78, 5) is 23.6. The van der Waals surface area contributed by atoms with Crippen LogP contribution in [-0.2, 0) is 4.79 Å². The van der Waals surface area contributed by atoms with Crippen LogP contribution < -0.4 is 5.32 Å². The second-order valence-electron chi connectivity index (χ2n) is 6.79. The van der Waals surface area contributed by atoms with E-state index in [1.165, 1.54) is 19.3 Å². The van der Waals surface area contributed by atoms with Gasteiger partial charge in [0.2, 0.25) is 5.91 Å². The number of carbonyl (C=O) groups excluding carboxylic acids is 1. The van der Waals surface area contributed by atoms with E-state index < -0.39 is 5.97 Å². The highest BCUT2D eigenvalue weighted by Crippen LogP contribution is 2.69. The van der Waals surface area contributed by atoms with Crippen LogP contribution in [0.25, 0.3) is 0 Å². The Kier molecular flexibility index (Phi) is 2.65. The number of aromatic carboxylic acids is 1. The molecule has 110 valence electrons. The molecule has 1 amide bonds. The maximum atomic E-state index is 12.5. The van der Waals surface area contributed by atoms with Crippen molar-refractivity contribution in [3.8, 4) is 0 Å². The molecule has 2 bridgehead atoms. The molecule has 21 heavy (non-hydrogen) atoms. The number of hydrogen-bond donors (Lipinski definition) is 2. The highest BCUT2D eigenvalue weighted by atomic mass is 16.4. The monoisotopic (exact) mass is 285 g/mol. The van der Waals surface area contributed by atoms with Crippen LogP contribution in [0.3, 0.4) is 0 Å². The van der Waals surface area contributed by atoms with Gasteiger partial charge in [-0.05, 0) is 67.6 Å². The van der Waals surface area contributed by atoms with Gasteiger partial charge in [0.15, 0.2) is 0 Å². The SMILES string of the molecule is Cc1c(NC(=O)C2C3C4CCC(C4)C23)cccc1C(=O)O. The van der Waals surface area contributed by atoms with Crippen LogP contribution in [0.15, 0.2) is 18.2 Å². The van der Waals surface area contributed by atoms with Gasteiger partial charge in [0.1, 0.15) is 0 Å². The fraction of sp³-hybridized carbons (Fsp3) is 0.529. The van der Waals surface area contributed by atoms with E-state index in [4.69, 9.17) is 5.11 Å². The summed E-state index contributed by atoms with van der Waals surface area (Å²) in [7, 11) is 0. The summed E-state index contributed by atoms with van der Waals surface area (Å²) >= 11 is 0. The average molecular weight is 285 g/mol. The first-order valence-electron chi connectivity index (χ1n) is 7.71. The van der Waals surface area contributed by atoms with E-state index >= 15 is 0 Å². The first kappa shape index (κ1) is 12.9. The maximum Gasteiger partial charge on any atom is 0.336 e. The topological polar surface area (TPSA) is 66.4 Å². The van der Waals surface area contributed by atoms with Crippen LogP contribution in [0, 0.1) is 36.5 Å². The number of carboxylic acid groups (broad SMARTS) is 1. The van der Waals surface area contributed by atoms with Crippen molar-refractivity contribution in [1.29, 1.82) is 0 Å². The van der Waals surface area contributed by atoms with Gasteiger partial charge in [-0.25, -0.2) is 4.79 Å². The molecule has 4 nitrogen and oxygen atoms in total. The number of anilines is 1. The molecule has 3 fully saturated rings. The lowest BCUT2D eigenvalue weighted by Gasteiger charge is -2.12. The van der Waals surface area contributed by atoms with E-state index in [9.17, 15) is 9.59 Å². The molecular weight excluding hydrogens is 266 g/mol. The van der Waals surface area contributed by atoms with E-state index in [-0.39, 0.29) is 17.4 Å². The highest BCUT2D eigenvalue weighted by Gasteiger charge is 2.67. The molecule has 4 heteroatoms. The van der Waals surface area contributed by atoms with E-state index in [2.05, 4.69) is 5.32 Å². The number of carbonyl (C=O) groups is 2. The fourth-order valence-corrected chi connectivity index (χ4v) is 4.89. The smallest absolute Gasteiger partial charge is 0.336 e. The predicted molar refractivity (Wildman–Crippen MR) is 78.1 cm³/mol. The fourth-order valence-electron chi connectivity index (χ4n) is 4.89. The van der Waals surface area contributed by atoms with Crippen molar-refractivity contribution in [2.75, 3.05) is 5.32 Å². The van der Waals surface area contributed by atoms with Crippen LogP contribution in [-0.4, -0.2) is 17.0 Å². The van der Waals surface area contributed by atoms with Gasteiger partial charge in [-0.1, -0.05) is 6.07 Å². The van der Waals surface area contributed by atoms with Gasteiger partial charge in [0.25, 0.3) is 0 Å². The second kappa shape index (κ2) is 4.33. The average Bonchev–Trinajstić information content (AvgIpc) is 2.90. The van der Waals surface area contributed by atoms with Gasteiger partial charge in [-0.3, -0.25) is 4.79 Å². The molecule has 3 aliphatic carbocycles. The highest BCUT2D eigenvalue weighted by molar-refractivity contribution is 5.98. The third-order valence-corrected chi connectivity index (χ3v) is 5.86. The Hall–Kier alpha value is -1.84. The summed E-state index contributed by atoms with van der Waals surface area (Å²) in [6.07, 6.45) is 3.92. The zero-order valence-electron chi connectivity index (χ0n) is 12.0. The standard InChI is InChI=1S/C17H19NO3/c1-8-11(17(20)21)3-2-4-12(8)18-16(19)15-13-9-5-6-10(7-9)14(13)15/h2-4,9-10,13-15H,5-7H2,1H3,(H,18,19)(H,20,21). The molecular formula is C17H19NO3. The van der Waals surface area contributed by atoms with Crippen molar-refractivity contribution in [1.82, 2.24) is 0 Å². The molecule has 2 N–H and O–H groups in total. The Labute approximate surface area is 123 Å². The molecule has 4 unspecified atom stereocenters. The lowest BCUT2D eigenvalue weighted by Crippen LogP contribution is -2.19. The van der Waals surface area contributed by atoms with E-state index in [1.807, 2.05) is 0 Å². The Bertz CT molecular complexity index is 623. The lowest BCUT2D eigenvalue weighted by atomic mass is 10.0. The third-order valence-electron chi connectivity index (χ3n) is 5.86. The van der Waals surface area contributed by atoms with E-state index in [1.54, 1.807) is 25.1 Å². The Balaban J connectivity index is 1.51. The number of hydrogen-bond acceptors (Lipinski definition) is 2. The first-order chi connectivity index (χ1) is 10.1. The summed E-state index contributed by atoms with van der Waals surface area (Å²) < 4.78 is 0. The van der Waals surface area contributed by atoms with Crippen LogP contribution in [0.1, 0.15) is 35.2 Å². The summed E-state index contributed by atoms with van der Waals surface area (Å²) in [6.45, 7) is 1.75. The summed E-state index contributed by atoms with van der Waals surface area (Å²) in [5.74, 6) is 2.05. The lowest BCUT2D eigenvalue weighted by molar-refractivity contribution is -0.118. The largest absolute Gasteiger partial charge is 0.478 e. The first-order valence-corrected chi connectivity index (χ1v) is 7.71. The summed E-state index contributed by atoms with van der Waals surface area (Å²) in [6, 6.07) is 5.04. The molecule has 0 heterocycles. The molecule has 0 aliphatic heterocycles. The number of amides is 1. The van der Waals surface area contributed by atoms with Crippen LogP contribution in [0.4, 0.5) is 5.69 Å². The summed E-state index contributed by atoms with van der Waals surface area (Å²) in [5, 5.41) is 12.1. The molecule has 3 aliphatic rings. The molecule has 4 rings (SSSR count). The molecule has 0 aromatic heterocycles. The van der Waals surface area contributed by atoms with Crippen molar-refractivity contribution in [2.45, 2.75) is 26.2 Å². The Morgan fingerprint density at radius 2 is 1.86 bits per heavy atom. The van der Waals surface area contributed by atoms with Gasteiger partial charge in [0.05, 0.1) is 5.56 Å². The van der Waals surface area contributed by atoms with Gasteiger partial charge in [0, 0.05) is 11.6 Å². The number of benzene rings is 1. The van der Waals surface area contributed by atoms with Crippen molar-refractivity contribution in [2.24, 2.45) is 29.6 Å². The molecule has 3 saturated carbocycles. The number of carboxylic acids is 1. The van der Waals surface area contributed by atoms with Crippen molar-refractivity contribution in [3.63, 3.8) is 0 Å². The summed E-state index contributed by atoms with van der Waals surface area (Å²) in [5.41, 5.74) is 1.52. The number of rotatable bonds is 3. The molecule has 1 aromatic carbocycles. The molecule has 0 radical (unpaired) electrons. The predicted octanol–water partition coefficient (Wildman–Crippen LogP) is 2.92. The quantitative estimate of drug-likeness (QED) is 0.897. The number of fused-ring (bicyclic) bond motifs is 5.